The molecule has 9 heavy (non-hydrogen) atoms. The topological polar surface area (TPSA) is 32.3 Å². The number of hydrogen-bond acceptors (Lipinski definition) is 2. The van der Waals surface area contributed by atoms with Crippen LogP contribution in [0.3, 0.4) is 0 Å². The summed E-state index contributed by atoms with van der Waals surface area (Å²) in [5, 5.41) is 12.5. The van der Waals surface area contributed by atoms with Gasteiger partial charge in [0, 0.05) is 5.54 Å². The third-order valence-corrected chi connectivity index (χ3v) is 2.15. The van der Waals surface area contributed by atoms with Crippen LogP contribution in [-0.2, 0) is 0 Å². The third kappa shape index (κ3) is 1.95. The maximum Gasteiger partial charge on any atom is 0.0766 e. The predicted molar refractivity (Wildman–Crippen MR) is 39.4 cm³/mol. The number of likely N-dealkylation sites (N-methyl/N-ethyl adjacent to an activating group) is 1. The molecule has 0 fully saturated rings. The molecule has 2 nitrogen and oxygen atoms in total. The molecule has 0 radical (unpaired) electrons. The van der Waals surface area contributed by atoms with E-state index >= 15 is 0 Å². The van der Waals surface area contributed by atoms with E-state index in [4.69, 9.17) is 0 Å². The molecule has 56 valence electrons. The SMILES string of the molecule is CNC(C)(C)C(C)(C)O. The molecule has 0 saturated carbocycles. The second kappa shape index (κ2) is 2.27. The summed E-state index contributed by atoms with van der Waals surface area (Å²) in [5.41, 5.74) is -0.880. The van der Waals surface area contributed by atoms with Gasteiger partial charge in [-0.1, -0.05) is 0 Å². The monoisotopic (exact) mass is 131 g/mol. The molecule has 0 aromatic carbocycles. The second-order valence-corrected chi connectivity index (χ2v) is 3.43. The summed E-state index contributed by atoms with van der Waals surface area (Å²) in [5.74, 6) is 0. The van der Waals surface area contributed by atoms with Crippen LogP contribution in [0.2, 0.25) is 0 Å². The Labute approximate surface area is 57.3 Å². The fourth-order valence-corrected chi connectivity index (χ4v) is 0.306. The van der Waals surface area contributed by atoms with Crippen LogP contribution in [0, 0.1) is 0 Å². The van der Waals surface area contributed by atoms with Gasteiger partial charge in [0.25, 0.3) is 0 Å². The van der Waals surface area contributed by atoms with Gasteiger partial charge >= 0.3 is 0 Å². The van der Waals surface area contributed by atoms with Gasteiger partial charge in [0.15, 0.2) is 0 Å². The van der Waals surface area contributed by atoms with Gasteiger partial charge in [-0.3, -0.25) is 0 Å². The molecule has 2 N–H and O–H groups in total. The molecule has 0 aromatic heterocycles. The average molecular weight is 131 g/mol. The summed E-state index contributed by atoms with van der Waals surface area (Å²) in [6.45, 7) is 7.52. The van der Waals surface area contributed by atoms with E-state index in [2.05, 4.69) is 5.32 Å². The largest absolute Gasteiger partial charge is 0.389 e. The Kier molecular flexibility index (Phi) is 2.25. The molecule has 0 aromatic rings. The molecule has 0 aliphatic heterocycles. The van der Waals surface area contributed by atoms with E-state index in [0.717, 1.165) is 0 Å². The summed E-state index contributed by atoms with van der Waals surface area (Å²) in [4.78, 5) is 0. The van der Waals surface area contributed by atoms with Crippen molar-refractivity contribution in [2.24, 2.45) is 0 Å². The Morgan fingerprint density at radius 3 is 1.44 bits per heavy atom. The summed E-state index contributed by atoms with van der Waals surface area (Å²) in [6, 6.07) is 0. The molecule has 0 amide bonds. The molecule has 0 atom stereocenters. The van der Waals surface area contributed by atoms with E-state index in [-0.39, 0.29) is 5.54 Å². The molecule has 0 spiro atoms. The fraction of sp³-hybridized carbons (Fsp3) is 1.00. The Balaban J connectivity index is 4.14. The van der Waals surface area contributed by atoms with Gasteiger partial charge in [-0.15, -0.1) is 0 Å². The van der Waals surface area contributed by atoms with Crippen molar-refractivity contribution >= 4 is 0 Å². The minimum Gasteiger partial charge on any atom is -0.389 e. The molecular formula is C7H17NO. The Morgan fingerprint density at radius 1 is 1.11 bits per heavy atom. The lowest BCUT2D eigenvalue weighted by Crippen LogP contribution is -2.54. The zero-order valence-corrected chi connectivity index (χ0v) is 6.95. The fourth-order valence-electron chi connectivity index (χ4n) is 0.306. The first-order chi connectivity index (χ1) is 3.81. The minimum absolute atomic E-state index is 0.215. The first-order valence-corrected chi connectivity index (χ1v) is 3.22. The van der Waals surface area contributed by atoms with Crippen LogP contribution in [0.4, 0.5) is 0 Å². The van der Waals surface area contributed by atoms with Gasteiger partial charge < -0.3 is 10.4 Å². The van der Waals surface area contributed by atoms with E-state index in [0.29, 0.717) is 0 Å². The molecular weight excluding hydrogens is 114 g/mol. The first-order valence-electron chi connectivity index (χ1n) is 3.22. The predicted octanol–water partition coefficient (Wildman–Crippen LogP) is 0.755. The number of aliphatic hydroxyl groups is 1. The summed E-state index contributed by atoms with van der Waals surface area (Å²) >= 11 is 0. The number of nitrogens with one attached hydrogen (secondary N) is 1. The van der Waals surface area contributed by atoms with E-state index in [1.807, 2.05) is 20.9 Å². The van der Waals surface area contributed by atoms with E-state index in [1.165, 1.54) is 0 Å². The second-order valence-electron chi connectivity index (χ2n) is 3.43. The zero-order valence-electron chi connectivity index (χ0n) is 6.95. The van der Waals surface area contributed by atoms with Gasteiger partial charge in [-0.05, 0) is 34.7 Å². The maximum absolute atomic E-state index is 9.48. The highest BCUT2D eigenvalue weighted by atomic mass is 16.3. The van der Waals surface area contributed by atoms with Gasteiger partial charge in [0.1, 0.15) is 0 Å². The Bertz CT molecular complexity index is 91.6. The van der Waals surface area contributed by atoms with Crippen molar-refractivity contribution in [1.29, 1.82) is 0 Å². The normalized spacial score (nSPS) is 14.0. The van der Waals surface area contributed by atoms with Gasteiger partial charge in [0.2, 0.25) is 0 Å². The van der Waals surface area contributed by atoms with Crippen LogP contribution in [0.5, 0.6) is 0 Å². The van der Waals surface area contributed by atoms with Crippen molar-refractivity contribution < 1.29 is 5.11 Å². The van der Waals surface area contributed by atoms with Crippen LogP contribution < -0.4 is 5.32 Å². The maximum atomic E-state index is 9.48. The highest BCUT2D eigenvalue weighted by Gasteiger charge is 2.32. The van der Waals surface area contributed by atoms with Crippen molar-refractivity contribution in [3.05, 3.63) is 0 Å². The zero-order chi connectivity index (χ0) is 7.71. The van der Waals surface area contributed by atoms with Gasteiger partial charge in [-0.2, -0.15) is 0 Å². The molecule has 0 bridgehead atoms. The molecule has 0 saturated heterocycles. The van der Waals surface area contributed by atoms with Gasteiger partial charge in [-0.25, -0.2) is 0 Å². The molecule has 0 heterocycles. The van der Waals surface area contributed by atoms with E-state index < -0.39 is 5.60 Å². The van der Waals surface area contributed by atoms with E-state index in [9.17, 15) is 5.11 Å². The number of rotatable bonds is 2. The van der Waals surface area contributed by atoms with Crippen LogP contribution in [0.15, 0.2) is 0 Å². The summed E-state index contributed by atoms with van der Waals surface area (Å²) < 4.78 is 0. The highest BCUT2D eigenvalue weighted by molar-refractivity contribution is 4.91. The van der Waals surface area contributed by atoms with Crippen LogP contribution in [0.25, 0.3) is 0 Å². The number of hydrogen-bond donors (Lipinski definition) is 2. The molecule has 0 aliphatic rings. The molecule has 0 aliphatic carbocycles. The molecule has 2 heteroatoms. The van der Waals surface area contributed by atoms with Crippen molar-refractivity contribution in [3.8, 4) is 0 Å². The van der Waals surface area contributed by atoms with Crippen molar-refractivity contribution in [2.45, 2.75) is 38.8 Å². The van der Waals surface area contributed by atoms with Crippen LogP contribution in [-0.4, -0.2) is 23.3 Å². The highest BCUT2D eigenvalue weighted by Crippen LogP contribution is 2.19. The molecule has 0 rings (SSSR count). The summed E-state index contributed by atoms with van der Waals surface area (Å²) in [6.07, 6.45) is 0. The first kappa shape index (κ1) is 8.92. The average Bonchev–Trinajstić information content (AvgIpc) is 1.64. The van der Waals surface area contributed by atoms with Crippen molar-refractivity contribution in [3.63, 3.8) is 0 Å². The van der Waals surface area contributed by atoms with Crippen molar-refractivity contribution in [2.75, 3.05) is 7.05 Å². The Morgan fingerprint density at radius 2 is 1.44 bits per heavy atom. The van der Waals surface area contributed by atoms with Gasteiger partial charge in [0.05, 0.1) is 5.60 Å². The third-order valence-electron chi connectivity index (χ3n) is 2.15. The lowest BCUT2D eigenvalue weighted by molar-refractivity contribution is -0.000745. The van der Waals surface area contributed by atoms with Crippen LogP contribution >= 0.6 is 0 Å². The van der Waals surface area contributed by atoms with Crippen molar-refractivity contribution in [1.82, 2.24) is 5.32 Å². The summed E-state index contributed by atoms with van der Waals surface area (Å²) in [7, 11) is 1.85. The van der Waals surface area contributed by atoms with E-state index in [1.54, 1.807) is 13.8 Å². The quantitative estimate of drug-likeness (QED) is 0.579. The van der Waals surface area contributed by atoms with Crippen LogP contribution in [0.1, 0.15) is 27.7 Å². The lowest BCUT2D eigenvalue weighted by Gasteiger charge is -2.36. The minimum atomic E-state index is -0.665. The standard InChI is InChI=1S/C7H17NO/c1-6(2,8-5)7(3,4)9/h8-9H,1-5H3. The lowest BCUT2D eigenvalue weighted by atomic mass is 9.86. The molecule has 0 unspecified atom stereocenters. The Hall–Kier alpha value is -0.0800. The smallest absolute Gasteiger partial charge is 0.0766 e.